The molecule has 3 rings (SSSR count). The van der Waals surface area contributed by atoms with Crippen molar-refractivity contribution in [1.29, 1.82) is 0 Å². The van der Waals surface area contributed by atoms with Gasteiger partial charge in [0.25, 0.3) is 0 Å². The lowest BCUT2D eigenvalue weighted by molar-refractivity contribution is -0.142. The third kappa shape index (κ3) is 2.43. The molecule has 0 amide bonds. The molecule has 1 aliphatic rings. The van der Waals surface area contributed by atoms with Crippen molar-refractivity contribution in [2.45, 2.75) is 50.3 Å². The molecule has 2 aromatic heterocycles. The molecule has 0 bridgehead atoms. The number of nitrogen functional groups attached to an aromatic ring is 1. The zero-order chi connectivity index (χ0) is 17.5. The molecule has 132 valence electrons. The summed E-state index contributed by atoms with van der Waals surface area (Å²) in [5.74, 6) is -1.11. The van der Waals surface area contributed by atoms with Crippen LogP contribution in [0.3, 0.4) is 0 Å². The molecule has 0 aromatic carbocycles. The summed E-state index contributed by atoms with van der Waals surface area (Å²) >= 11 is 0. The Labute approximate surface area is 138 Å². The summed E-state index contributed by atoms with van der Waals surface area (Å²) in [4.78, 5) is 12.5. The fourth-order valence-electron chi connectivity index (χ4n) is 2.98. The number of aryl methyl sites for hydroxylation is 1. The molecule has 2 aromatic rings. The van der Waals surface area contributed by atoms with Gasteiger partial charge in [-0.3, -0.25) is 10.3 Å². The molecule has 0 spiro atoms. The van der Waals surface area contributed by atoms with E-state index < -0.39 is 30.8 Å². The van der Waals surface area contributed by atoms with Crippen LogP contribution < -0.4 is 11.5 Å². The zero-order valence-electron chi connectivity index (χ0n) is 13.3. The van der Waals surface area contributed by atoms with E-state index in [1.54, 1.807) is 0 Å². The summed E-state index contributed by atoms with van der Waals surface area (Å²) in [7, 11) is 0. The Hall–Kier alpha value is -1.85. The van der Waals surface area contributed by atoms with Crippen LogP contribution in [0, 0.1) is 0 Å². The fourth-order valence-corrected chi connectivity index (χ4v) is 2.98. The number of ether oxygens (including phenoxy) is 1. The lowest BCUT2D eigenvalue weighted by atomic mass is 10.1. The molecular weight excluding hydrogens is 316 g/mol. The van der Waals surface area contributed by atoms with Crippen LogP contribution >= 0.6 is 0 Å². The van der Waals surface area contributed by atoms with Crippen LogP contribution in [0.25, 0.3) is 11.2 Å². The van der Waals surface area contributed by atoms with Crippen LogP contribution in [-0.2, 0) is 17.0 Å². The standard InChI is InChI=1S/C14H22N6O4/c1-2-3-4-8-19-9-12(15)17-6-18-13(9)20(8)14(16)11(23)10(22)7(5-21)24-14/h6-7,10-11,21-23H,2-5,16H2,1H3,(H2,15,17,18)/t7-,10-,11-,14+/m1/s1. The summed E-state index contributed by atoms with van der Waals surface area (Å²) in [5, 5.41) is 29.8. The maximum Gasteiger partial charge on any atom is 0.232 e. The molecule has 10 heteroatoms. The molecule has 7 N–H and O–H groups in total. The maximum absolute atomic E-state index is 10.4. The van der Waals surface area contributed by atoms with Crippen molar-refractivity contribution >= 4 is 17.0 Å². The predicted molar refractivity (Wildman–Crippen MR) is 84.5 cm³/mol. The minimum absolute atomic E-state index is 0.187. The largest absolute Gasteiger partial charge is 0.394 e. The molecule has 0 radical (unpaired) electrons. The van der Waals surface area contributed by atoms with E-state index in [2.05, 4.69) is 15.0 Å². The van der Waals surface area contributed by atoms with Crippen LogP contribution in [0.15, 0.2) is 6.33 Å². The number of imidazole rings is 1. The van der Waals surface area contributed by atoms with Crippen LogP contribution in [0.1, 0.15) is 25.6 Å². The first-order valence-corrected chi connectivity index (χ1v) is 7.86. The van der Waals surface area contributed by atoms with E-state index in [0.717, 1.165) is 12.8 Å². The van der Waals surface area contributed by atoms with Gasteiger partial charge in [0, 0.05) is 6.42 Å². The molecule has 1 aliphatic heterocycles. The molecule has 0 saturated carbocycles. The summed E-state index contributed by atoms with van der Waals surface area (Å²) in [6.45, 7) is 1.55. The molecule has 1 saturated heterocycles. The Kier molecular flexibility index (Phi) is 4.40. The van der Waals surface area contributed by atoms with Crippen LogP contribution in [0.5, 0.6) is 0 Å². The number of unbranched alkanes of at least 4 members (excludes halogenated alkanes) is 1. The lowest BCUT2D eigenvalue weighted by Crippen LogP contribution is -2.53. The van der Waals surface area contributed by atoms with Crippen LogP contribution in [0.2, 0.25) is 0 Å². The second-order valence-corrected chi connectivity index (χ2v) is 5.92. The molecule has 1 fully saturated rings. The predicted octanol–water partition coefficient (Wildman–Crippen LogP) is -1.57. The van der Waals surface area contributed by atoms with Gasteiger partial charge in [-0.25, -0.2) is 15.0 Å². The average molecular weight is 338 g/mol. The fraction of sp³-hybridized carbons (Fsp3) is 0.643. The second kappa shape index (κ2) is 6.22. The van der Waals surface area contributed by atoms with Gasteiger partial charge in [-0.2, -0.15) is 0 Å². The number of hydrogen-bond donors (Lipinski definition) is 5. The summed E-state index contributed by atoms with van der Waals surface area (Å²) in [6.07, 6.45) is -0.243. The van der Waals surface area contributed by atoms with Gasteiger partial charge in [-0.15, -0.1) is 0 Å². The smallest absolute Gasteiger partial charge is 0.232 e. The normalized spacial score (nSPS) is 30.3. The topological polar surface area (TPSA) is 166 Å². The molecule has 0 aliphatic carbocycles. The Morgan fingerprint density at radius 2 is 2.12 bits per heavy atom. The number of rotatable bonds is 5. The number of aromatic nitrogens is 4. The third-order valence-corrected chi connectivity index (χ3v) is 4.29. The Bertz CT molecular complexity index is 737. The molecule has 10 nitrogen and oxygen atoms in total. The van der Waals surface area contributed by atoms with Crippen molar-refractivity contribution in [3.8, 4) is 0 Å². The van der Waals surface area contributed by atoms with E-state index in [-0.39, 0.29) is 5.82 Å². The molecule has 3 heterocycles. The number of nitrogens with two attached hydrogens (primary N) is 2. The van der Waals surface area contributed by atoms with Crippen molar-refractivity contribution in [1.82, 2.24) is 19.5 Å². The van der Waals surface area contributed by atoms with Crippen molar-refractivity contribution in [3.63, 3.8) is 0 Å². The highest BCUT2D eigenvalue weighted by Crippen LogP contribution is 2.35. The number of nitrogens with zero attached hydrogens (tertiary/aromatic N) is 4. The lowest BCUT2D eigenvalue weighted by Gasteiger charge is -2.30. The van der Waals surface area contributed by atoms with Gasteiger partial charge in [0.05, 0.1) is 6.61 Å². The van der Waals surface area contributed by atoms with Crippen LogP contribution in [-0.4, -0.2) is 59.8 Å². The van der Waals surface area contributed by atoms with Gasteiger partial charge in [0.1, 0.15) is 30.5 Å². The van der Waals surface area contributed by atoms with Crippen molar-refractivity contribution in [3.05, 3.63) is 12.2 Å². The highest BCUT2D eigenvalue weighted by Gasteiger charge is 2.54. The average Bonchev–Trinajstić information content (AvgIpc) is 3.05. The number of aliphatic hydroxyl groups excluding tert-OH is 3. The number of fused-ring (bicyclic) bond motifs is 1. The Balaban J connectivity index is 2.18. The number of aliphatic hydroxyl groups is 3. The molecule has 24 heavy (non-hydrogen) atoms. The van der Waals surface area contributed by atoms with Gasteiger partial charge in [0.15, 0.2) is 17.0 Å². The first kappa shape index (κ1) is 17.0. The summed E-state index contributed by atoms with van der Waals surface area (Å²) in [5.41, 5.74) is 12.8. The summed E-state index contributed by atoms with van der Waals surface area (Å²) in [6, 6.07) is 0. The molecular formula is C14H22N6O4. The molecule has 0 unspecified atom stereocenters. The first-order chi connectivity index (χ1) is 11.4. The maximum atomic E-state index is 10.4. The highest BCUT2D eigenvalue weighted by atomic mass is 16.6. The van der Waals surface area contributed by atoms with E-state index >= 15 is 0 Å². The molecule has 4 atom stereocenters. The van der Waals surface area contributed by atoms with Crippen molar-refractivity contribution in [2.24, 2.45) is 5.73 Å². The Morgan fingerprint density at radius 3 is 2.75 bits per heavy atom. The quantitative estimate of drug-likeness (QED) is 0.433. The minimum Gasteiger partial charge on any atom is -0.394 e. The second-order valence-electron chi connectivity index (χ2n) is 5.92. The van der Waals surface area contributed by atoms with Gasteiger partial charge < -0.3 is 25.8 Å². The Morgan fingerprint density at radius 1 is 1.38 bits per heavy atom. The van der Waals surface area contributed by atoms with Gasteiger partial charge in [0.2, 0.25) is 5.85 Å². The zero-order valence-corrected chi connectivity index (χ0v) is 13.3. The van der Waals surface area contributed by atoms with Crippen molar-refractivity contribution in [2.75, 3.05) is 12.3 Å². The summed E-state index contributed by atoms with van der Waals surface area (Å²) < 4.78 is 7.03. The van der Waals surface area contributed by atoms with E-state index in [0.29, 0.717) is 23.4 Å². The monoisotopic (exact) mass is 338 g/mol. The third-order valence-electron chi connectivity index (χ3n) is 4.29. The van der Waals surface area contributed by atoms with Gasteiger partial charge in [-0.05, 0) is 6.42 Å². The van der Waals surface area contributed by atoms with E-state index in [9.17, 15) is 15.3 Å². The minimum atomic E-state index is -1.81. The van der Waals surface area contributed by atoms with E-state index in [1.165, 1.54) is 10.9 Å². The first-order valence-electron chi connectivity index (χ1n) is 7.86. The number of hydrogen-bond acceptors (Lipinski definition) is 9. The van der Waals surface area contributed by atoms with E-state index in [4.69, 9.17) is 16.2 Å². The van der Waals surface area contributed by atoms with Crippen molar-refractivity contribution < 1.29 is 20.1 Å². The van der Waals surface area contributed by atoms with Gasteiger partial charge in [-0.1, -0.05) is 13.3 Å². The van der Waals surface area contributed by atoms with E-state index in [1.807, 2.05) is 6.92 Å². The SMILES string of the molecule is CCCCc1nc2c(N)ncnc2n1[C@]1(N)O[C@H](CO)[C@@H](O)[C@H]1O. The van der Waals surface area contributed by atoms with Gasteiger partial charge >= 0.3 is 0 Å². The van der Waals surface area contributed by atoms with Crippen LogP contribution in [0.4, 0.5) is 5.82 Å². The number of anilines is 1. The highest BCUT2D eigenvalue weighted by molar-refractivity contribution is 5.82.